The molecule has 0 spiro atoms. The number of anilines is 2. The number of amides is 1. The number of hydrogen-bond donors (Lipinski definition) is 2. The highest BCUT2D eigenvalue weighted by Crippen LogP contribution is 2.28. The molecule has 18 heavy (non-hydrogen) atoms. The molecular weight excluding hydrogens is 226 g/mol. The van der Waals surface area contributed by atoms with Crippen LogP contribution < -0.4 is 10.6 Å². The molecule has 0 aliphatic carbocycles. The van der Waals surface area contributed by atoms with E-state index in [1.807, 2.05) is 19.2 Å². The van der Waals surface area contributed by atoms with Gasteiger partial charge in [-0.3, -0.25) is 4.79 Å². The summed E-state index contributed by atoms with van der Waals surface area (Å²) in [5.41, 5.74) is 0.881. The van der Waals surface area contributed by atoms with Crippen LogP contribution in [0.3, 0.4) is 0 Å². The van der Waals surface area contributed by atoms with Gasteiger partial charge in [0.25, 0.3) is 0 Å². The fourth-order valence-electron chi connectivity index (χ4n) is 1.41. The van der Waals surface area contributed by atoms with E-state index in [0.717, 1.165) is 11.5 Å². The van der Waals surface area contributed by atoms with E-state index in [0.29, 0.717) is 12.3 Å². The van der Waals surface area contributed by atoms with Crippen LogP contribution in [0.1, 0.15) is 34.1 Å². The lowest BCUT2D eigenvalue weighted by Crippen LogP contribution is -2.23. The van der Waals surface area contributed by atoms with E-state index in [2.05, 4.69) is 43.3 Å². The number of carbonyl (C=O) groups excluding carboxylic acids is 1. The fourth-order valence-corrected chi connectivity index (χ4v) is 1.41. The molecule has 1 rings (SSSR count). The third-order valence-corrected chi connectivity index (χ3v) is 3.27. The largest absolute Gasteiger partial charge is 0.373 e. The molecule has 0 radical (unpaired) electrons. The minimum absolute atomic E-state index is 0.0384. The van der Waals surface area contributed by atoms with Crippen molar-refractivity contribution in [2.24, 2.45) is 11.3 Å². The van der Waals surface area contributed by atoms with Crippen molar-refractivity contribution in [2.75, 3.05) is 17.7 Å². The number of pyridine rings is 1. The molecule has 4 heteroatoms. The maximum absolute atomic E-state index is 11.9. The van der Waals surface area contributed by atoms with Crippen molar-refractivity contribution in [3.63, 3.8) is 0 Å². The van der Waals surface area contributed by atoms with E-state index in [-0.39, 0.29) is 11.3 Å². The van der Waals surface area contributed by atoms with Crippen LogP contribution >= 0.6 is 0 Å². The molecule has 1 heterocycles. The van der Waals surface area contributed by atoms with E-state index >= 15 is 0 Å². The molecule has 1 atom stereocenters. The van der Waals surface area contributed by atoms with Crippen molar-refractivity contribution in [1.29, 1.82) is 0 Å². The van der Waals surface area contributed by atoms with Gasteiger partial charge in [0.15, 0.2) is 0 Å². The Bertz CT molecular complexity index is 392. The van der Waals surface area contributed by atoms with Gasteiger partial charge in [0.05, 0.1) is 11.9 Å². The number of nitrogens with zero attached hydrogens (tertiary/aromatic N) is 1. The number of rotatable bonds is 4. The predicted molar refractivity (Wildman–Crippen MR) is 75.6 cm³/mol. The molecular formula is C14H23N3O. The van der Waals surface area contributed by atoms with Crippen molar-refractivity contribution in [3.05, 3.63) is 18.3 Å². The molecule has 0 fully saturated rings. The zero-order valence-electron chi connectivity index (χ0n) is 11.9. The Hall–Kier alpha value is -1.58. The highest BCUT2D eigenvalue weighted by molar-refractivity contribution is 5.90. The number of hydrogen-bond acceptors (Lipinski definition) is 3. The van der Waals surface area contributed by atoms with Crippen molar-refractivity contribution in [2.45, 2.75) is 34.1 Å². The highest BCUT2D eigenvalue weighted by Gasteiger charge is 2.22. The lowest BCUT2D eigenvalue weighted by atomic mass is 9.80. The van der Waals surface area contributed by atoms with Crippen molar-refractivity contribution < 1.29 is 4.79 Å². The van der Waals surface area contributed by atoms with Crippen LogP contribution in [0.15, 0.2) is 18.3 Å². The van der Waals surface area contributed by atoms with Crippen molar-refractivity contribution in [3.8, 4) is 0 Å². The Morgan fingerprint density at radius 2 is 2.06 bits per heavy atom. The van der Waals surface area contributed by atoms with Gasteiger partial charge in [-0.2, -0.15) is 0 Å². The molecule has 0 aliphatic rings. The third kappa shape index (κ3) is 4.35. The van der Waals surface area contributed by atoms with E-state index in [1.54, 1.807) is 6.20 Å². The van der Waals surface area contributed by atoms with Crippen LogP contribution in [0.25, 0.3) is 0 Å². The van der Waals surface area contributed by atoms with Gasteiger partial charge in [-0.1, -0.05) is 27.7 Å². The van der Waals surface area contributed by atoms with Crippen LogP contribution in [-0.2, 0) is 4.79 Å². The molecule has 1 amide bonds. The van der Waals surface area contributed by atoms with Gasteiger partial charge in [0, 0.05) is 13.5 Å². The normalized spacial score (nSPS) is 12.9. The van der Waals surface area contributed by atoms with Crippen LogP contribution in [0.2, 0.25) is 0 Å². The zero-order chi connectivity index (χ0) is 13.8. The molecule has 1 unspecified atom stereocenters. The SMILES string of the molecule is CNc1ccc(NC(=O)CC(C)C(C)(C)C)cn1. The number of nitrogens with one attached hydrogen (secondary N) is 2. The molecule has 100 valence electrons. The summed E-state index contributed by atoms with van der Waals surface area (Å²) < 4.78 is 0. The van der Waals surface area contributed by atoms with Crippen LogP contribution in [0.4, 0.5) is 11.5 Å². The first-order valence-corrected chi connectivity index (χ1v) is 6.26. The summed E-state index contributed by atoms with van der Waals surface area (Å²) in [5, 5.41) is 5.80. The molecule has 0 bridgehead atoms. The van der Waals surface area contributed by atoms with E-state index < -0.39 is 0 Å². The topological polar surface area (TPSA) is 54.0 Å². The number of carbonyl (C=O) groups is 1. The molecule has 0 saturated carbocycles. The summed E-state index contributed by atoms with van der Waals surface area (Å²) in [6.45, 7) is 8.54. The summed E-state index contributed by atoms with van der Waals surface area (Å²) in [6.07, 6.45) is 2.18. The third-order valence-electron chi connectivity index (χ3n) is 3.27. The molecule has 1 aromatic rings. The second-order valence-corrected chi connectivity index (χ2v) is 5.70. The molecule has 2 N–H and O–H groups in total. The second kappa shape index (κ2) is 5.85. The molecule has 0 saturated heterocycles. The second-order valence-electron chi connectivity index (χ2n) is 5.70. The van der Waals surface area contributed by atoms with Gasteiger partial charge in [-0.25, -0.2) is 4.98 Å². The summed E-state index contributed by atoms with van der Waals surface area (Å²) in [6, 6.07) is 3.68. The zero-order valence-corrected chi connectivity index (χ0v) is 11.9. The smallest absolute Gasteiger partial charge is 0.224 e. The summed E-state index contributed by atoms with van der Waals surface area (Å²) in [7, 11) is 1.81. The summed E-state index contributed by atoms with van der Waals surface area (Å²) in [4.78, 5) is 16.0. The van der Waals surface area contributed by atoms with Crippen LogP contribution in [0.5, 0.6) is 0 Å². The Labute approximate surface area is 109 Å². The van der Waals surface area contributed by atoms with Gasteiger partial charge < -0.3 is 10.6 Å². The quantitative estimate of drug-likeness (QED) is 0.862. The minimum atomic E-state index is 0.0384. The molecule has 4 nitrogen and oxygen atoms in total. The Morgan fingerprint density at radius 1 is 1.39 bits per heavy atom. The van der Waals surface area contributed by atoms with Crippen LogP contribution in [0, 0.1) is 11.3 Å². The molecule has 1 aromatic heterocycles. The van der Waals surface area contributed by atoms with E-state index in [1.165, 1.54) is 0 Å². The maximum Gasteiger partial charge on any atom is 0.224 e. The van der Waals surface area contributed by atoms with E-state index in [9.17, 15) is 4.79 Å². The van der Waals surface area contributed by atoms with Gasteiger partial charge in [0.1, 0.15) is 5.82 Å². The molecule has 0 aliphatic heterocycles. The van der Waals surface area contributed by atoms with Crippen molar-refractivity contribution in [1.82, 2.24) is 4.98 Å². The van der Waals surface area contributed by atoms with E-state index in [4.69, 9.17) is 0 Å². The van der Waals surface area contributed by atoms with Gasteiger partial charge in [0.2, 0.25) is 5.91 Å². The average molecular weight is 249 g/mol. The van der Waals surface area contributed by atoms with Gasteiger partial charge >= 0.3 is 0 Å². The summed E-state index contributed by atoms with van der Waals surface area (Å²) in [5.74, 6) is 1.16. The minimum Gasteiger partial charge on any atom is -0.373 e. The Kier molecular flexibility index (Phi) is 4.70. The number of aromatic nitrogens is 1. The standard InChI is InChI=1S/C14H23N3O/c1-10(14(2,3)4)8-13(18)17-11-6-7-12(15-5)16-9-11/h6-7,9-10H,8H2,1-5H3,(H,15,16)(H,17,18). The maximum atomic E-state index is 11.9. The first-order valence-electron chi connectivity index (χ1n) is 6.26. The Balaban J connectivity index is 2.54. The van der Waals surface area contributed by atoms with Crippen molar-refractivity contribution >= 4 is 17.4 Å². The lowest BCUT2D eigenvalue weighted by Gasteiger charge is -2.26. The lowest BCUT2D eigenvalue weighted by molar-refractivity contribution is -0.117. The van der Waals surface area contributed by atoms with Gasteiger partial charge in [-0.15, -0.1) is 0 Å². The molecule has 0 aromatic carbocycles. The monoisotopic (exact) mass is 249 g/mol. The van der Waals surface area contributed by atoms with Crippen LogP contribution in [-0.4, -0.2) is 17.9 Å². The fraction of sp³-hybridized carbons (Fsp3) is 0.571. The predicted octanol–water partition coefficient (Wildman–Crippen LogP) is 3.13. The first kappa shape index (κ1) is 14.5. The highest BCUT2D eigenvalue weighted by atomic mass is 16.1. The van der Waals surface area contributed by atoms with Gasteiger partial charge in [-0.05, 0) is 23.5 Å². The Morgan fingerprint density at radius 3 is 2.50 bits per heavy atom. The first-order chi connectivity index (χ1) is 8.32. The summed E-state index contributed by atoms with van der Waals surface area (Å²) >= 11 is 0. The average Bonchev–Trinajstić information content (AvgIpc) is 2.28.